The zero-order valence-corrected chi connectivity index (χ0v) is 25.1. The van der Waals surface area contributed by atoms with E-state index in [1.54, 1.807) is 21.3 Å². The molecule has 0 aromatic heterocycles. The fourth-order valence-corrected chi connectivity index (χ4v) is 6.57. The third-order valence-corrected chi connectivity index (χ3v) is 8.80. The molecule has 10 rings (SSSR count). The van der Waals surface area contributed by atoms with E-state index in [0.717, 1.165) is 67.1 Å². The first kappa shape index (κ1) is 27.3. The number of ether oxygens (including phenoxy) is 5. The lowest BCUT2D eigenvalue weighted by molar-refractivity contribution is 0.221. The number of rotatable bonds is 3. The molecule has 6 heterocycles. The maximum absolute atomic E-state index is 6.91. The second-order valence-corrected chi connectivity index (χ2v) is 11.4. The van der Waals surface area contributed by atoms with Gasteiger partial charge in [0.2, 0.25) is 5.75 Å². The molecule has 0 radical (unpaired) electrons. The first-order chi connectivity index (χ1) is 21.0. The Morgan fingerprint density at radius 1 is 0.791 bits per heavy atom. The van der Waals surface area contributed by atoms with Crippen molar-refractivity contribution in [3.8, 4) is 40.2 Å². The van der Waals surface area contributed by atoms with Crippen LogP contribution in [0, 0.1) is 0 Å². The van der Waals surface area contributed by atoms with Crippen LogP contribution in [0.3, 0.4) is 0 Å². The summed E-state index contributed by atoms with van der Waals surface area (Å²) in [6.45, 7) is 1.65. The average Bonchev–Trinajstić information content (AvgIpc) is 3.02. The van der Waals surface area contributed by atoms with Crippen molar-refractivity contribution in [2.24, 2.45) is 4.99 Å². The van der Waals surface area contributed by atoms with Gasteiger partial charge in [0.25, 0.3) is 0 Å². The molecule has 0 amide bonds. The van der Waals surface area contributed by atoms with Gasteiger partial charge in [-0.1, -0.05) is 24.3 Å². The number of hydrogen-bond donors (Lipinski definition) is 0. The van der Waals surface area contributed by atoms with Crippen LogP contribution in [0.5, 0.6) is 40.2 Å². The highest BCUT2D eigenvalue weighted by atomic mass is 16.5. The van der Waals surface area contributed by atoms with Crippen molar-refractivity contribution in [3.63, 3.8) is 0 Å². The van der Waals surface area contributed by atoms with Crippen molar-refractivity contribution in [1.82, 2.24) is 4.90 Å². The van der Waals surface area contributed by atoms with E-state index in [-0.39, 0.29) is 6.04 Å². The van der Waals surface area contributed by atoms with Crippen LogP contribution < -0.4 is 23.7 Å². The van der Waals surface area contributed by atoms with Crippen LogP contribution in [0.2, 0.25) is 0 Å². The Morgan fingerprint density at radius 2 is 1.63 bits per heavy atom. The molecule has 0 spiro atoms. The van der Waals surface area contributed by atoms with Crippen molar-refractivity contribution in [2.45, 2.75) is 31.7 Å². The van der Waals surface area contributed by atoms with Crippen LogP contribution in [0.15, 0.2) is 71.7 Å². The van der Waals surface area contributed by atoms with E-state index >= 15 is 0 Å². The van der Waals surface area contributed by atoms with E-state index in [9.17, 15) is 0 Å². The maximum atomic E-state index is 6.91. The zero-order valence-electron chi connectivity index (χ0n) is 25.1. The molecule has 8 bridgehead atoms. The quantitative estimate of drug-likeness (QED) is 0.263. The molecule has 6 aliphatic rings. The van der Waals surface area contributed by atoms with E-state index < -0.39 is 0 Å². The van der Waals surface area contributed by atoms with Crippen molar-refractivity contribution in [3.05, 3.63) is 100 Å². The van der Waals surface area contributed by atoms with Gasteiger partial charge in [0.05, 0.1) is 21.3 Å². The highest BCUT2D eigenvalue weighted by molar-refractivity contribution is 6.04. The monoisotopic (exact) mass is 576 g/mol. The van der Waals surface area contributed by atoms with Crippen molar-refractivity contribution in [2.75, 3.05) is 41.5 Å². The number of benzene rings is 4. The molecule has 1 atom stereocenters. The normalized spacial score (nSPS) is 17.4. The van der Waals surface area contributed by atoms with Crippen molar-refractivity contribution < 1.29 is 23.7 Å². The standard InChI is InChI=1S/C36H36N2O5/c1-38-15-13-25-20-33(40-3)35(41-4)36-34(25)30(38)18-23-6-5-7-27(16-23)42-26-10-8-22(9-11-26)17-29-28-21-31(39-2)32(43-36)19-24(28)12-14-37-29/h5-11,16,19-21,30H,12-15,17-18H2,1-4H3/t30-/m1/s1. The number of nitrogens with zero attached hydrogens (tertiary/aromatic N) is 2. The minimum atomic E-state index is 0.0394. The fourth-order valence-electron chi connectivity index (χ4n) is 6.57. The van der Waals surface area contributed by atoms with Gasteiger partial charge in [-0.25, -0.2) is 0 Å². The second kappa shape index (κ2) is 11.3. The highest BCUT2D eigenvalue weighted by Crippen LogP contribution is 2.51. The van der Waals surface area contributed by atoms with Gasteiger partial charge in [0.15, 0.2) is 23.0 Å². The lowest BCUT2D eigenvalue weighted by Gasteiger charge is -2.37. The second-order valence-electron chi connectivity index (χ2n) is 11.4. The molecule has 0 fully saturated rings. The summed E-state index contributed by atoms with van der Waals surface area (Å²) in [4.78, 5) is 7.32. The molecule has 0 saturated heterocycles. The molecule has 4 aromatic rings. The van der Waals surface area contributed by atoms with Crippen LogP contribution in [0.4, 0.5) is 0 Å². The molecule has 220 valence electrons. The molecule has 0 N–H and O–H groups in total. The predicted molar refractivity (Wildman–Crippen MR) is 167 cm³/mol. The van der Waals surface area contributed by atoms with Gasteiger partial charge in [-0.15, -0.1) is 0 Å². The minimum Gasteiger partial charge on any atom is -0.493 e. The SMILES string of the molecule is COc1cc2c3cc1Oc1c(OC)c(OC)cc4c1[C@@H](Cc1cccc(c1)Oc1ccc(cc1)CC2=NCC3)N(C)CC4. The smallest absolute Gasteiger partial charge is 0.204 e. The molecule has 4 aromatic carbocycles. The van der Waals surface area contributed by atoms with Gasteiger partial charge < -0.3 is 23.7 Å². The topological polar surface area (TPSA) is 61.8 Å². The molecule has 0 unspecified atom stereocenters. The highest BCUT2D eigenvalue weighted by Gasteiger charge is 2.34. The van der Waals surface area contributed by atoms with Gasteiger partial charge in [0.1, 0.15) is 11.5 Å². The molecular formula is C36H36N2O5. The number of methoxy groups -OCH3 is 3. The van der Waals surface area contributed by atoms with Crippen LogP contribution in [0.25, 0.3) is 0 Å². The Kier molecular flexibility index (Phi) is 7.19. The summed E-state index contributed by atoms with van der Waals surface area (Å²) in [6.07, 6.45) is 3.20. The Hall–Kier alpha value is -4.49. The Bertz CT molecular complexity index is 1710. The van der Waals surface area contributed by atoms with E-state index in [4.69, 9.17) is 28.7 Å². The molecule has 0 saturated carbocycles. The maximum Gasteiger partial charge on any atom is 0.204 e. The Morgan fingerprint density at radius 3 is 2.42 bits per heavy atom. The molecule has 6 aliphatic heterocycles. The number of aliphatic imine (C=N–C) groups is 1. The molecule has 43 heavy (non-hydrogen) atoms. The molecule has 0 aliphatic carbocycles. The van der Waals surface area contributed by atoms with E-state index in [1.807, 2.05) is 18.2 Å². The molecule has 7 nitrogen and oxygen atoms in total. The van der Waals surface area contributed by atoms with Crippen molar-refractivity contribution in [1.29, 1.82) is 0 Å². The third-order valence-electron chi connectivity index (χ3n) is 8.80. The van der Waals surface area contributed by atoms with E-state index in [0.29, 0.717) is 28.7 Å². The zero-order chi connectivity index (χ0) is 29.5. The van der Waals surface area contributed by atoms with Gasteiger partial charge >= 0.3 is 0 Å². The van der Waals surface area contributed by atoms with Crippen molar-refractivity contribution >= 4 is 5.71 Å². The van der Waals surface area contributed by atoms with Crippen LogP contribution >= 0.6 is 0 Å². The first-order valence-corrected chi connectivity index (χ1v) is 14.8. The number of likely N-dealkylation sites (N-methyl/N-ethyl adjacent to an activating group) is 1. The summed E-state index contributed by atoms with van der Waals surface area (Å²) in [7, 11) is 7.20. The minimum absolute atomic E-state index is 0.0394. The van der Waals surface area contributed by atoms with Crippen LogP contribution in [-0.2, 0) is 25.7 Å². The predicted octanol–water partition coefficient (Wildman–Crippen LogP) is 6.97. The summed E-state index contributed by atoms with van der Waals surface area (Å²) in [5.41, 5.74) is 7.98. The summed E-state index contributed by atoms with van der Waals surface area (Å²) < 4.78 is 31.0. The van der Waals surface area contributed by atoms with Gasteiger partial charge in [0, 0.05) is 42.4 Å². The summed E-state index contributed by atoms with van der Waals surface area (Å²) in [6, 6.07) is 23.0. The summed E-state index contributed by atoms with van der Waals surface area (Å²) in [5, 5.41) is 0. The Labute approximate surface area is 252 Å². The van der Waals surface area contributed by atoms with Crippen LogP contribution in [0.1, 0.15) is 39.4 Å². The lowest BCUT2D eigenvalue weighted by Crippen LogP contribution is -2.34. The summed E-state index contributed by atoms with van der Waals surface area (Å²) >= 11 is 0. The summed E-state index contributed by atoms with van der Waals surface area (Å²) in [5.74, 6) is 4.83. The fraction of sp³-hybridized carbons (Fsp3) is 0.306. The third kappa shape index (κ3) is 5.08. The van der Waals surface area contributed by atoms with E-state index in [2.05, 4.69) is 60.5 Å². The lowest BCUT2D eigenvalue weighted by atomic mass is 9.87. The molecule has 7 heteroatoms. The van der Waals surface area contributed by atoms with Gasteiger partial charge in [-0.2, -0.15) is 0 Å². The first-order valence-electron chi connectivity index (χ1n) is 14.8. The Balaban J connectivity index is 1.45. The van der Waals surface area contributed by atoms with E-state index in [1.165, 1.54) is 22.3 Å². The molecular weight excluding hydrogens is 540 g/mol. The number of hydrogen-bond acceptors (Lipinski definition) is 7. The van der Waals surface area contributed by atoms with Gasteiger partial charge in [-0.05, 0) is 91.0 Å². The largest absolute Gasteiger partial charge is 0.493 e. The van der Waals surface area contributed by atoms with Crippen LogP contribution in [-0.4, -0.2) is 52.1 Å². The average molecular weight is 577 g/mol. The van der Waals surface area contributed by atoms with Gasteiger partial charge in [-0.3, -0.25) is 9.89 Å².